The normalized spacial score (nSPS) is 14.6. The second-order valence-electron chi connectivity index (χ2n) is 9.80. The molecule has 38 heavy (non-hydrogen) atoms. The Kier molecular flexibility index (Phi) is 11.0. The third kappa shape index (κ3) is 8.52. The molecule has 1 N–H and O–H groups in total. The summed E-state index contributed by atoms with van der Waals surface area (Å²) in [5, 5.41) is 4.17. The van der Waals surface area contributed by atoms with Gasteiger partial charge in [-0.05, 0) is 41.7 Å². The van der Waals surface area contributed by atoms with Crippen LogP contribution in [0.15, 0.2) is 78.9 Å². The summed E-state index contributed by atoms with van der Waals surface area (Å²) in [6, 6.07) is 24.9. The molecule has 1 saturated carbocycles. The summed E-state index contributed by atoms with van der Waals surface area (Å²) in [4.78, 5) is 29.3. The van der Waals surface area contributed by atoms with Crippen LogP contribution in [0.2, 0.25) is 10.0 Å². The smallest absolute Gasteiger partial charge is 0.243 e. The van der Waals surface area contributed by atoms with Crippen molar-refractivity contribution in [1.29, 1.82) is 0 Å². The fraction of sp³-hybridized carbons (Fsp3) is 0.355. The van der Waals surface area contributed by atoms with Crippen molar-refractivity contribution in [2.45, 2.75) is 62.9 Å². The lowest BCUT2D eigenvalue weighted by Gasteiger charge is -2.33. The molecule has 0 unspecified atom stereocenters. The van der Waals surface area contributed by atoms with E-state index in [0.29, 0.717) is 16.5 Å². The number of hydrogen-bond donors (Lipinski definition) is 1. The average molecular weight is 570 g/mol. The van der Waals surface area contributed by atoms with Crippen molar-refractivity contribution < 1.29 is 9.59 Å². The van der Waals surface area contributed by atoms with Crippen molar-refractivity contribution in [1.82, 2.24) is 10.2 Å². The van der Waals surface area contributed by atoms with Gasteiger partial charge in [-0.15, -0.1) is 11.8 Å². The Morgan fingerprint density at radius 1 is 0.842 bits per heavy atom. The Labute approximate surface area is 240 Å². The molecule has 0 heterocycles. The molecular weight excluding hydrogens is 535 g/mol. The molecule has 1 fully saturated rings. The Hall–Kier alpha value is -2.47. The second kappa shape index (κ2) is 14.6. The molecule has 1 aliphatic carbocycles. The summed E-state index contributed by atoms with van der Waals surface area (Å²) in [7, 11) is 0. The summed E-state index contributed by atoms with van der Waals surface area (Å²) < 4.78 is 0. The highest BCUT2D eigenvalue weighted by atomic mass is 35.5. The fourth-order valence-electron chi connectivity index (χ4n) is 4.85. The molecule has 0 bridgehead atoms. The number of rotatable bonds is 11. The lowest BCUT2D eigenvalue weighted by molar-refractivity contribution is -0.139. The van der Waals surface area contributed by atoms with Crippen LogP contribution in [-0.4, -0.2) is 34.6 Å². The number of carbonyl (C=O) groups excluding carboxylic acids is 2. The highest BCUT2D eigenvalue weighted by Crippen LogP contribution is 2.25. The molecule has 0 spiro atoms. The standard InChI is InChI=1S/C31H34Cl2N2O2S/c32-27-17-16-25(18-28(27)33)20-35(30(36)22-38-21-24-12-6-2-7-13-24)29(19-23-10-4-1-5-11-23)31(37)34-26-14-8-3-9-15-26/h1-2,4-7,10-13,16-18,26,29H,3,8-9,14-15,19-22H2,(H,34,37)/t29-/m0/s1. The van der Waals surface area contributed by atoms with Gasteiger partial charge in [0.05, 0.1) is 15.8 Å². The number of benzene rings is 3. The van der Waals surface area contributed by atoms with Crippen LogP contribution in [0, 0.1) is 0 Å². The van der Waals surface area contributed by atoms with Crippen molar-refractivity contribution in [3.05, 3.63) is 106 Å². The minimum absolute atomic E-state index is 0.0725. The van der Waals surface area contributed by atoms with Crippen LogP contribution >= 0.6 is 35.0 Å². The van der Waals surface area contributed by atoms with Gasteiger partial charge in [0.1, 0.15) is 6.04 Å². The lowest BCUT2D eigenvalue weighted by Crippen LogP contribution is -2.53. The maximum Gasteiger partial charge on any atom is 0.243 e. The van der Waals surface area contributed by atoms with Gasteiger partial charge in [0.25, 0.3) is 0 Å². The minimum atomic E-state index is -0.640. The molecule has 3 aromatic rings. The first-order chi connectivity index (χ1) is 18.5. The number of amides is 2. The second-order valence-corrected chi connectivity index (χ2v) is 11.6. The van der Waals surface area contributed by atoms with E-state index >= 15 is 0 Å². The van der Waals surface area contributed by atoms with Crippen LogP contribution in [0.5, 0.6) is 0 Å². The zero-order valence-corrected chi connectivity index (χ0v) is 23.8. The van der Waals surface area contributed by atoms with Gasteiger partial charge in [0, 0.05) is 24.8 Å². The molecule has 1 aliphatic rings. The van der Waals surface area contributed by atoms with E-state index in [2.05, 4.69) is 17.4 Å². The summed E-state index contributed by atoms with van der Waals surface area (Å²) >= 11 is 14.0. The molecule has 200 valence electrons. The number of hydrogen-bond acceptors (Lipinski definition) is 3. The van der Waals surface area contributed by atoms with Crippen LogP contribution in [-0.2, 0) is 28.3 Å². The van der Waals surface area contributed by atoms with Gasteiger partial charge in [0.2, 0.25) is 11.8 Å². The predicted octanol–water partition coefficient (Wildman–Crippen LogP) is 7.32. The van der Waals surface area contributed by atoms with E-state index in [-0.39, 0.29) is 30.2 Å². The largest absolute Gasteiger partial charge is 0.352 e. The third-order valence-electron chi connectivity index (χ3n) is 6.90. The number of nitrogens with zero attached hydrogens (tertiary/aromatic N) is 1. The first kappa shape index (κ1) is 28.5. The average Bonchev–Trinajstić information content (AvgIpc) is 2.94. The Balaban J connectivity index is 1.58. The monoisotopic (exact) mass is 568 g/mol. The number of carbonyl (C=O) groups is 2. The van der Waals surface area contributed by atoms with Crippen LogP contribution in [0.25, 0.3) is 0 Å². The van der Waals surface area contributed by atoms with E-state index in [1.54, 1.807) is 28.8 Å². The van der Waals surface area contributed by atoms with Crippen molar-refractivity contribution in [3.63, 3.8) is 0 Å². The molecule has 0 aliphatic heterocycles. The predicted molar refractivity (Wildman–Crippen MR) is 159 cm³/mol. The summed E-state index contributed by atoms with van der Waals surface area (Å²) in [5.41, 5.74) is 3.02. The molecular formula is C31H34Cl2N2O2S. The van der Waals surface area contributed by atoms with Gasteiger partial charge in [-0.1, -0.05) is 109 Å². The van der Waals surface area contributed by atoms with Gasteiger partial charge in [-0.3, -0.25) is 9.59 Å². The maximum absolute atomic E-state index is 13.8. The highest BCUT2D eigenvalue weighted by molar-refractivity contribution is 7.99. The maximum atomic E-state index is 13.8. The zero-order valence-electron chi connectivity index (χ0n) is 21.5. The lowest BCUT2D eigenvalue weighted by atomic mass is 9.94. The van der Waals surface area contributed by atoms with E-state index in [1.807, 2.05) is 54.6 Å². The van der Waals surface area contributed by atoms with Crippen LogP contribution in [0.3, 0.4) is 0 Å². The summed E-state index contributed by atoms with van der Waals surface area (Å²) in [5.74, 6) is 0.835. The van der Waals surface area contributed by atoms with Gasteiger partial charge in [0.15, 0.2) is 0 Å². The van der Waals surface area contributed by atoms with Crippen LogP contribution < -0.4 is 5.32 Å². The molecule has 4 rings (SSSR count). The van der Waals surface area contributed by atoms with Gasteiger partial charge in [-0.25, -0.2) is 0 Å². The number of nitrogens with one attached hydrogen (secondary N) is 1. The van der Waals surface area contributed by atoms with E-state index in [9.17, 15) is 9.59 Å². The van der Waals surface area contributed by atoms with Crippen LogP contribution in [0.1, 0.15) is 48.8 Å². The molecule has 3 aromatic carbocycles. The first-order valence-corrected chi connectivity index (χ1v) is 15.1. The van der Waals surface area contributed by atoms with Crippen molar-refractivity contribution >= 4 is 46.8 Å². The molecule has 7 heteroatoms. The van der Waals surface area contributed by atoms with Crippen LogP contribution in [0.4, 0.5) is 0 Å². The Bertz CT molecular complexity index is 1190. The van der Waals surface area contributed by atoms with Crippen molar-refractivity contribution in [2.75, 3.05) is 5.75 Å². The van der Waals surface area contributed by atoms with Gasteiger partial charge >= 0.3 is 0 Å². The summed E-state index contributed by atoms with van der Waals surface area (Å²) in [6.07, 6.45) is 5.86. The molecule has 0 saturated heterocycles. The highest BCUT2D eigenvalue weighted by Gasteiger charge is 2.32. The number of halogens is 2. The number of thioether (sulfide) groups is 1. The SMILES string of the molecule is O=C(NC1CCCCC1)[C@H](Cc1ccccc1)N(Cc1ccc(Cl)c(Cl)c1)C(=O)CSCc1ccccc1. The molecule has 0 aromatic heterocycles. The van der Waals surface area contributed by atoms with E-state index in [0.717, 1.165) is 48.1 Å². The van der Waals surface area contributed by atoms with Gasteiger partial charge in [-0.2, -0.15) is 0 Å². The summed E-state index contributed by atoms with van der Waals surface area (Å²) in [6.45, 7) is 0.275. The van der Waals surface area contributed by atoms with Gasteiger partial charge < -0.3 is 10.2 Å². The molecule has 2 amide bonds. The Morgan fingerprint density at radius 3 is 2.16 bits per heavy atom. The molecule has 4 nitrogen and oxygen atoms in total. The van der Waals surface area contributed by atoms with Crippen molar-refractivity contribution in [3.8, 4) is 0 Å². The fourth-order valence-corrected chi connectivity index (χ4v) is 6.04. The topological polar surface area (TPSA) is 49.4 Å². The quantitative estimate of drug-likeness (QED) is 0.263. The Morgan fingerprint density at radius 2 is 1.50 bits per heavy atom. The van der Waals surface area contributed by atoms with E-state index in [4.69, 9.17) is 23.2 Å². The first-order valence-electron chi connectivity index (χ1n) is 13.2. The third-order valence-corrected chi connectivity index (χ3v) is 8.62. The van der Waals surface area contributed by atoms with E-state index in [1.165, 1.54) is 6.42 Å². The molecule has 0 radical (unpaired) electrons. The van der Waals surface area contributed by atoms with Crippen molar-refractivity contribution in [2.24, 2.45) is 0 Å². The minimum Gasteiger partial charge on any atom is -0.352 e. The zero-order chi connectivity index (χ0) is 26.7. The molecule has 1 atom stereocenters. The van der Waals surface area contributed by atoms with E-state index < -0.39 is 6.04 Å².